The van der Waals surface area contributed by atoms with E-state index in [1.54, 1.807) is 0 Å². The first-order valence-electron chi connectivity index (χ1n) is 4.99. The Kier molecular flexibility index (Phi) is 4.63. The zero-order chi connectivity index (χ0) is 10.6. The molecule has 0 fully saturated rings. The molecule has 0 heterocycles. The number of aliphatic hydroxyl groups excluding tert-OH is 1. The minimum Gasteiger partial charge on any atom is -0.396 e. The number of rotatable bonds is 4. The van der Waals surface area contributed by atoms with E-state index in [1.165, 1.54) is 5.56 Å². The van der Waals surface area contributed by atoms with Gasteiger partial charge in [0.25, 0.3) is 0 Å². The van der Waals surface area contributed by atoms with Gasteiger partial charge in [-0.1, -0.05) is 41.9 Å². The molecule has 1 atom stereocenters. The largest absolute Gasteiger partial charge is 0.396 e. The fourth-order valence-electron chi connectivity index (χ4n) is 1.62. The number of benzene rings is 1. The van der Waals surface area contributed by atoms with Crippen molar-refractivity contribution in [2.24, 2.45) is 5.92 Å². The first-order chi connectivity index (χ1) is 6.63. The predicted octanol–water partition coefficient (Wildman–Crippen LogP) is 3.57. The van der Waals surface area contributed by atoms with Crippen LogP contribution < -0.4 is 0 Å². The lowest BCUT2D eigenvalue weighted by atomic mass is 9.91. The molecule has 0 bridgehead atoms. The fourth-order valence-corrected chi connectivity index (χ4v) is 1.88. The summed E-state index contributed by atoms with van der Waals surface area (Å²) in [5.74, 6) is 0.902. The molecule has 0 aliphatic carbocycles. The zero-order valence-corrected chi connectivity index (χ0v) is 10.3. The molecule has 0 saturated carbocycles. The summed E-state index contributed by atoms with van der Waals surface area (Å²) in [6, 6.07) is 8.21. The van der Waals surface area contributed by atoms with Crippen LogP contribution in [0, 0.1) is 5.92 Å². The highest BCUT2D eigenvalue weighted by Gasteiger charge is 2.11. The van der Waals surface area contributed by atoms with Gasteiger partial charge in [-0.15, -0.1) is 0 Å². The second-order valence-electron chi connectivity index (χ2n) is 4.06. The molecule has 1 rings (SSSR count). The van der Waals surface area contributed by atoms with Crippen molar-refractivity contribution in [2.45, 2.75) is 26.2 Å². The molecule has 0 radical (unpaired) electrons. The maximum Gasteiger partial charge on any atom is 0.0499 e. The summed E-state index contributed by atoms with van der Waals surface area (Å²) >= 11 is 3.40. The van der Waals surface area contributed by atoms with Crippen molar-refractivity contribution in [2.75, 3.05) is 6.61 Å². The van der Waals surface area contributed by atoms with Crippen LogP contribution in [0.3, 0.4) is 0 Å². The van der Waals surface area contributed by atoms with E-state index in [2.05, 4.69) is 41.9 Å². The van der Waals surface area contributed by atoms with Gasteiger partial charge in [-0.25, -0.2) is 0 Å². The van der Waals surface area contributed by atoms with E-state index in [-0.39, 0.29) is 12.5 Å². The summed E-state index contributed by atoms with van der Waals surface area (Å²) in [4.78, 5) is 0. The third-order valence-electron chi connectivity index (χ3n) is 2.32. The van der Waals surface area contributed by atoms with Gasteiger partial charge in [0.1, 0.15) is 0 Å². The van der Waals surface area contributed by atoms with Gasteiger partial charge in [-0.2, -0.15) is 0 Å². The predicted molar refractivity (Wildman–Crippen MR) is 63.4 cm³/mol. The first kappa shape index (κ1) is 11.7. The van der Waals surface area contributed by atoms with E-state index in [1.807, 2.05) is 12.1 Å². The molecule has 1 nitrogen and oxygen atoms in total. The van der Waals surface area contributed by atoms with Gasteiger partial charge < -0.3 is 5.11 Å². The van der Waals surface area contributed by atoms with E-state index < -0.39 is 0 Å². The summed E-state index contributed by atoms with van der Waals surface area (Å²) in [6.45, 7) is 4.60. The third kappa shape index (κ3) is 3.43. The number of hydrogen-bond donors (Lipinski definition) is 1. The second-order valence-corrected chi connectivity index (χ2v) is 4.98. The first-order valence-corrected chi connectivity index (χ1v) is 5.79. The Hall–Kier alpha value is -0.340. The Bertz CT molecular complexity index is 266. The maximum atomic E-state index is 9.29. The van der Waals surface area contributed by atoms with Gasteiger partial charge in [0.15, 0.2) is 0 Å². The van der Waals surface area contributed by atoms with E-state index in [0.29, 0.717) is 5.92 Å². The average Bonchev–Trinajstić information content (AvgIpc) is 2.15. The summed E-state index contributed by atoms with van der Waals surface area (Å²) in [7, 11) is 0. The highest BCUT2D eigenvalue weighted by Crippen LogP contribution is 2.24. The van der Waals surface area contributed by atoms with Crippen LogP contribution in [0.1, 0.15) is 31.7 Å². The summed E-state index contributed by atoms with van der Waals surface area (Å²) in [5, 5.41) is 9.29. The van der Waals surface area contributed by atoms with E-state index >= 15 is 0 Å². The second kappa shape index (κ2) is 5.52. The van der Waals surface area contributed by atoms with E-state index in [9.17, 15) is 5.11 Å². The normalized spacial score (nSPS) is 13.2. The molecular formula is C12H17BrO. The Morgan fingerprint density at radius 2 is 1.79 bits per heavy atom. The van der Waals surface area contributed by atoms with Crippen molar-refractivity contribution >= 4 is 15.9 Å². The number of halogens is 1. The lowest BCUT2D eigenvalue weighted by Gasteiger charge is -2.16. The van der Waals surface area contributed by atoms with Gasteiger partial charge in [0, 0.05) is 17.0 Å². The SMILES string of the molecule is CC(C)CC(CO)c1ccc(Br)cc1. The van der Waals surface area contributed by atoms with Crippen LogP contribution in [-0.2, 0) is 0 Å². The summed E-state index contributed by atoms with van der Waals surface area (Å²) in [5.41, 5.74) is 1.23. The van der Waals surface area contributed by atoms with Crippen LogP contribution in [0.4, 0.5) is 0 Å². The summed E-state index contributed by atoms with van der Waals surface area (Å²) in [6.07, 6.45) is 1.04. The Balaban J connectivity index is 2.73. The molecule has 14 heavy (non-hydrogen) atoms. The molecule has 1 aromatic rings. The fraction of sp³-hybridized carbons (Fsp3) is 0.500. The molecule has 1 aromatic carbocycles. The van der Waals surface area contributed by atoms with Crippen LogP contribution in [0.15, 0.2) is 28.7 Å². The molecule has 0 aliphatic heterocycles. The molecule has 0 amide bonds. The molecule has 78 valence electrons. The highest BCUT2D eigenvalue weighted by molar-refractivity contribution is 9.10. The molecular weight excluding hydrogens is 240 g/mol. The Morgan fingerprint density at radius 1 is 1.21 bits per heavy atom. The lowest BCUT2D eigenvalue weighted by Crippen LogP contribution is -2.07. The number of aliphatic hydroxyl groups is 1. The Labute approximate surface area is 94.3 Å². The topological polar surface area (TPSA) is 20.2 Å². The lowest BCUT2D eigenvalue weighted by molar-refractivity contribution is 0.249. The molecule has 1 unspecified atom stereocenters. The van der Waals surface area contributed by atoms with Crippen LogP contribution >= 0.6 is 15.9 Å². The van der Waals surface area contributed by atoms with Crippen molar-refractivity contribution in [3.8, 4) is 0 Å². The monoisotopic (exact) mass is 256 g/mol. The van der Waals surface area contributed by atoms with Crippen molar-refractivity contribution in [1.29, 1.82) is 0 Å². The molecule has 2 heteroatoms. The van der Waals surface area contributed by atoms with Gasteiger partial charge >= 0.3 is 0 Å². The quantitative estimate of drug-likeness (QED) is 0.874. The van der Waals surface area contributed by atoms with Crippen molar-refractivity contribution in [3.63, 3.8) is 0 Å². The number of hydrogen-bond acceptors (Lipinski definition) is 1. The maximum absolute atomic E-state index is 9.29. The van der Waals surface area contributed by atoms with Gasteiger partial charge in [-0.05, 0) is 30.0 Å². The van der Waals surface area contributed by atoms with Gasteiger partial charge in [-0.3, -0.25) is 0 Å². The van der Waals surface area contributed by atoms with Crippen LogP contribution in [0.2, 0.25) is 0 Å². The molecule has 0 saturated heterocycles. The van der Waals surface area contributed by atoms with Gasteiger partial charge in [0.05, 0.1) is 0 Å². The van der Waals surface area contributed by atoms with Crippen molar-refractivity contribution < 1.29 is 5.11 Å². The van der Waals surface area contributed by atoms with E-state index in [4.69, 9.17) is 0 Å². The molecule has 0 aromatic heterocycles. The summed E-state index contributed by atoms with van der Waals surface area (Å²) < 4.78 is 1.09. The minimum atomic E-state index is 0.236. The highest BCUT2D eigenvalue weighted by atomic mass is 79.9. The zero-order valence-electron chi connectivity index (χ0n) is 8.70. The molecule has 0 aliphatic rings. The Morgan fingerprint density at radius 3 is 2.21 bits per heavy atom. The molecule has 1 N–H and O–H groups in total. The van der Waals surface area contributed by atoms with Gasteiger partial charge in [0.2, 0.25) is 0 Å². The minimum absolute atomic E-state index is 0.236. The van der Waals surface area contributed by atoms with Crippen molar-refractivity contribution in [3.05, 3.63) is 34.3 Å². The van der Waals surface area contributed by atoms with Crippen molar-refractivity contribution in [1.82, 2.24) is 0 Å². The third-order valence-corrected chi connectivity index (χ3v) is 2.85. The smallest absolute Gasteiger partial charge is 0.0499 e. The average molecular weight is 257 g/mol. The van der Waals surface area contributed by atoms with Crippen LogP contribution in [0.25, 0.3) is 0 Å². The van der Waals surface area contributed by atoms with Crippen LogP contribution in [0.5, 0.6) is 0 Å². The van der Waals surface area contributed by atoms with Crippen LogP contribution in [-0.4, -0.2) is 11.7 Å². The molecule has 0 spiro atoms. The van der Waals surface area contributed by atoms with E-state index in [0.717, 1.165) is 10.9 Å². The standard InChI is InChI=1S/C12H17BrO/c1-9(2)7-11(8-14)10-3-5-12(13)6-4-10/h3-6,9,11,14H,7-8H2,1-2H3.